The van der Waals surface area contributed by atoms with Gasteiger partial charge in [-0.05, 0) is 23.5 Å². The minimum absolute atomic E-state index is 0.0975. The lowest BCUT2D eigenvalue weighted by Gasteiger charge is -2.27. The Morgan fingerprint density at radius 1 is 1.33 bits per heavy atom. The molecule has 0 bridgehead atoms. The van der Waals surface area contributed by atoms with Gasteiger partial charge in [0.15, 0.2) is 0 Å². The summed E-state index contributed by atoms with van der Waals surface area (Å²) in [6, 6.07) is 7.20. The molecule has 0 fully saturated rings. The van der Waals surface area contributed by atoms with Crippen LogP contribution in [0.25, 0.3) is 0 Å². The summed E-state index contributed by atoms with van der Waals surface area (Å²) in [5.41, 5.74) is 3.92. The molecule has 0 aliphatic heterocycles. The van der Waals surface area contributed by atoms with E-state index in [1.165, 1.54) is 0 Å². The van der Waals surface area contributed by atoms with E-state index in [1.807, 2.05) is 12.1 Å². The molecule has 1 atom stereocenters. The van der Waals surface area contributed by atoms with Crippen molar-refractivity contribution >= 4 is 11.6 Å². The molecule has 0 aromatic heterocycles. The van der Waals surface area contributed by atoms with E-state index >= 15 is 0 Å². The number of rotatable bonds is 4. The Kier molecular flexibility index (Phi) is 4.73. The van der Waals surface area contributed by atoms with Gasteiger partial charge in [-0.1, -0.05) is 39.8 Å². The van der Waals surface area contributed by atoms with Gasteiger partial charge in [0.1, 0.15) is 0 Å². The van der Waals surface area contributed by atoms with E-state index in [0.717, 1.165) is 0 Å². The third kappa shape index (κ3) is 3.74. The highest BCUT2D eigenvalue weighted by molar-refractivity contribution is 5.99. The molecule has 4 nitrogen and oxygen atoms in total. The van der Waals surface area contributed by atoms with Crippen LogP contribution in [0, 0.1) is 11.3 Å². The summed E-state index contributed by atoms with van der Waals surface area (Å²) in [4.78, 5) is 12.0. The molecule has 0 heterocycles. The first-order valence-corrected chi connectivity index (χ1v) is 6.20. The lowest BCUT2D eigenvalue weighted by Crippen LogP contribution is -2.34. The van der Waals surface area contributed by atoms with Crippen molar-refractivity contribution in [2.45, 2.75) is 27.7 Å². The van der Waals surface area contributed by atoms with Crippen molar-refractivity contribution in [1.29, 1.82) is 0 Å². The van der Waals surface area contributed by atoms with E-state index in [0.29, 0.717) is 23.7 Å². The van der Waals surface area contributed by atoms with Gasteiger partial charge in [-0.25, -0.2) is 0 Å². The minimum Gasteiger partial charge on any atom is -0.352 e. The first kappa shape index (κ1) is 14.5. The molecule has 1 rings (SSSR count). The molecule has 1 aromatic rings. The van der Waals surface area contributed by atoms with E-state index in [9.17, 15) is 4.79 Å². The summed E-state index contributed by atoms with van der Waals surface area (Å²) in [6.45, 7) is 9.28. The summed E-state index contributed by atoms with van der Waals surface area (Å²) in [7, 11) is 0. The number of benzene rings is 1. The molecule has 0 aliphatic carbocycles. The smallest absolute Gasteiger partial charge is 0.253 e. The Morgan fingerprint density at radius 3 is 2.50 bits per heavy atom. The predicted octanol–water partition coefficient (Wildman–Crippen LogP) is 2.38. The van der Waals surface area contributed by atoms with E-state index in [-0.39, 0.29) is 11.3 Å². The topological polar surface area (TPSA) is 67.2 Å². The molecule has 100 valence electrons. The van der Waals surface area contributed by atoms with Crippen molar-refractivity contribution in [2.24, 2.45) is 17.2 Å². The molecule has 1 unspecified atom stereocenters. The molecule has 0 saturated heterocycles. The van der Waals surface area contributed by atoms with E-state index < -0.39 is 0 Å². The Hall–Kier alpha value is -1.55. The fourth-order valence-electron chi connectivity index (χ4n) is 1.45. The molecule has 0 saturated carbocycles. The van der Waals surface area contributed by atoms with Gasteiger partial charge in [-0.3, -0.25) is 10.6 Å². The monoisotopic (exact) mass is 249 g/mol. The second-order valence-corrected chi connectivity index (χ2v) is 5.67. The van der Waals surface area contributed by atoms with Crippen molar-refractivity contribution in [3.05, 3.63) is 29.8 Å². The fourth-order valence-corrected chi connectivity index (χ4v) is 1.45. The van der Waals surface area contributed by atoms with E-state index in [2.05, 4.69) is 38.4 Å². The largest absolute Gasteiger partial charge is 0.352 e. The van der Waals surface area contributed by atoms with Gasteiger partial charge in [0.25, 0.3) is 5.91 Å². The van der Waals surface area contributed by atoms with Crippen molar-refractivity contribution in [1.82, 2.24) is 5.32 Å². The Bertz CT molecular complexity index is 410. The van der Waals surface area contributed by atoms with Crippen LogP contribution >= 0.6 is 0 Å². The average molecular weight is 249 g/mol. The highest BCUT2D eigenvalue weighted by atomic mass is 16.1. The molecule has 18 heavy (non-hydrogen) atoms. The van der Waals surface area contributed by atoms with Crippen LogP contribution in [0.2, 0.25) is 0 Å². The maximum Gasteiger partial charge on any atom is 0.253 e. The maximum absolute atomic E-state index is 12.0. The molecule has 4 heteroatoms. The Balaban J connectivity index is 2.66. The first-order valence-electron chi connectivity index (χ1n) is 6.20. The molecule has 1 amide bonds. The average Bonchev–Trinajstić information content (AvgIpc) is 2.34. The second kappa shape index (κ2) is 5.87. The zero-order chi connectivity index (χ0) is 13.8. The quantitative estimate of drug-likeness (QED) is 0.567. The van der Waals surface area contributed by atoms with Crippen LogP contribution in [0.15, 0.2) is 24.3 Å². The van der Waals surface area contributed by atoms with Gasteiger partial charge in [-0.2, -0.15) is 0 Å². The number of nitrogen functional groups attached to an aromatic ring is 1. The minimum atomic E-state index is -0.0975. The number of anilines is 1. The van der Waals surface area contributed by atoms with Crippen LogP contribution in [0.4, 0.5) is 5.69 Å². The number of carbonyl (C=O) groups excluding carboxylic acids is 1. The van der Waals surface area contributed by atoms with Crippen molar-refractivity contribution < 1.29 is 4.79 Å². The summed E-state index contributed by atoms with van der Waals surface area (Å²) in [6.07, 6.45) is 0. The maximum atomic E-state index is 12.0. The van der Waals surface area contributed by atoms with Gasteiger partial charge < -0.3 is 10.7 Å². The summed E-state index contributed by atoms with van der Waals surface area (Å²) < 4.78 is 0. The number of hydrogen-bond acceptors (Lipinski definition) is 3. The molecule has 0 radical (unpaired) electrons. The van der Waals surface area contributed by atoms with Crippen LogP contribution in [0.1, 0.15) is 38.1 Å². The van der Waals surface area contributed by atoms with Gasteiger partial charge in [-0.15, -0.1) is 0 Å². The Morgan fingerprint density at radius 2 is 1.94 bits per heavy atom. The number of nitrogens with two attached hydrogens (primary N) is 1. The summed E-state index contributed by atoms with van der Waals surface area (Å²) in [5.74, 6) is 5.69. The molecule has 0 aliphatic rings. The van der Waals surface area contributed by atoms with Crippen molar-refractivity contribution in [3.63, 3.8) is 0 Å². The zero-order valence-electron chi connectivity index (χ0n) is 11.6. The fraction of sp³-hybridized carbons (Fsp3) is 0.500. The normalized spacial score (nSPS) is 12.9. The first-order chi connectivity index (χ1) is 8.36. The van der Waals surface area contributed by atoms with Crippen LogP contribution in [-0.4, -0.2) is 12.5 Å². The van der Waals surface area contributed by atoms with Crippen molar-refractivity contribution in [2.75, 3.05) is 12.0 Å². The number of para-hydroxylation sites is 1. The molecule has 0 spiro atoms. The number of hydrazine groups is 1. The van der Waals surface area contributed by atoms with Gasteiger partial charge in [0.2, 0.25) is 0 Å². The third-order valence-corrected chi connectivity index (χ3v) is 3.37. The lowest BCUT2D eigenvalue weighted by atomic mass is 9.82. The second-order valence-electron chi connectivity index (χ2n) is 5.67. The highest BCUT2D eigenvalue weighted by Gasteiger charge is 2.21. The zero-order valence-corrected chi connectivity index (χ0v) is 11.6. The van der Waals surface area contributed by atoms with Crippen LogP contribution in [-0.2, 0) is 0 Å². The van der Waals surface area contributed by atoms with Crippen molar-refractivity contribution in [3.8, 4) is 0 Å². The third-order valence-electron chi connectivity index (χ3n) is 3.37. The lowest BCUT2D eigenvalue weighted by molar-refractivity contribution is 0.0938. The standard InChI is InChI=1S/C14H23N3O/c1-10(14(2,3)4)9-16-13(18)11-7-5-6-8-12(11)17-15/h5-8,10,17H,9,15H2,1-4H3,(H,16,18). The van der Waals surface area contributed by atoms with Gasteiger partial charge in [0, 0.05) is 6.54 Å². The molecule has 4 N–H and O–H groups in total. The predicted molar refractivity (Wildman–Crippen MR) is 75.2 cm³/mol. The van der Waals surface area contributed by atoms with E-state index in [4.69, 9.17) is 5.84 Å². The summed E-state index contributed by atoms with van der Waals surface area (Å²) in [5, 5.41) is 2.95. The Labute approximate surface area is 109 Å². The molecular weight excluding hydrogens is 226 g/mol. The van der Waals surface area contributed by atoms with Crippen LogP contribution in [0.5, 0.6) is 0 Å². The highest BCUT2D eigenvalue weighted by Crippen LogP contribution is 2.24. The summed E-state index contributed by atoms with van der Waals surface area (Å²) >= 11 is 0. The van der Waals surface area contributed by atoms with Gasteiger partial charge >= 0.3 is 0 Å². The van der Waals surface area contributed by atoms with E-state index in [1.54, 1.807) is 12.1 Å². The number of carbonyl (C=O) groups is 1. The number of nitrogens with one attached hydrogen (secondary N) is 2. The van der Waals surface area contributed by atoms with Crippen LogP contribution in [0.3, 0.4) is 0 Å². The van der Waals surface area contributed by atoms with Gasteiger partial charge in [0.05, 0.1) is 11.3 Å². The molecule has 1 aromatic carbocycles. The SMILES string of the molecule is CC(CNC(=O)c1ccccc1NN)C(C)(C)C. The number of amides is 1. The van der Waals surface area contributed by atoms with Crippen LogP contribution < -0.4 is 16.6 Å². The molecular formula is C14H23N3O. The number of hydrogen-bond donors (Lipinski definition) is 3.